The minimum absolute atomic E-state index is 0.0264. The van der Waals surface area contributed by atoms with Crippen molar-refractivity contribution in [1.29, 1.82) is 0 Å². The Hall–Kier alpha value is -4.57. The molecule has 0 spiro atoms. The number of hydrogen-bond donors (Lipinski definition) is 1. The average Bonchev–Trinajstić information content (AvgIpc) is 2.95. The zero-order valence-corrected chi connectivity index (χ0v) is 25.3. The molecule has 4 aromatic rings. The van der Waals surface area contributed by atoms with Crippen LogP contribution in [0.5, 0.6) is 11.5 Å². The lowest BCUT2D eigenvalue weighted by Crippen LogP contribution is -2.60. The summed E-state index contributed by atoms with van der Waals surface area (Å²) in [7, 11) is 0. The van der Waals surface area contributed by atoms with Gasteiger partial charge in [-0.2, -0.15) is 13.2 Å². The van der Waals surface area contributed by atoms with Crippen LogP contribution in [0.3, 0.4) is 0 Å². The van der Waals surface area contributed by atoms with Gasteiger partial charge in [-0.15, -0.1) is 0 Å². The second-order valence-electron chi connectivity index (χ2n) is 12.0. The fourth-order valence-electron chi connectivity index (χ4n) is 4.99. The van der Waals surface area contributed by atoms with Crippen molar-refractivity contribution >= 4 is 22.8 Å². The normalized spacial score (nSPS) is 14.5. The zero-order chi connectivity index (χ0) is 32.2. The van der Waals surface area contributed by atoms with Gasteiger partial charge in [0.15, 0.2) is 0 Å². The second kappa shape index (κ2) is 13.2. The zero-order valence-electron chi connectivity index (χ0n) is 25.3. The fourth-order valence-corrected chi connectivity index (χ4v) is 4.99. The Morgan fingerprint density at radius 1 is 0.911 bits per heavy atom. The number of rotatable bonds is 9. The largest absolute Gasteiger partial charge is 0.457 e. The van der Waals surface area contributed by atoms with Gasteiger partial charge in [0.1, 0.15) is 17.1 Å². The third kappa shape index (κ3) is 8.33. The number of halogens is 3. The smallest absolute Gasteiger partial charge is 0.416 e. The topological polar surface area (TPSA) is 77.1 Å². The Morgan fingerprint density at radius 3 is 2.29 bits per heavy atom. The van der Waals surface area contributed by atoms with Crippen LogP contribution in [0.4, 0.5) is 18.0 Å². The van der Waals surface area contributed by atoms with E-state index < -0.39 is 23.4 Å². The van der Waals surface area contributed by atoms with Crippen molar-refractivity contribution in [2.45, 2.75) is 45.2 Å². The van der Waals surface area contributed by atoms with Crippen LogP contribution in [0.1, 0.15) is 42.3 Å². The summed E-state index contributed by atoms with van der Waals surface area (Å²) >= 11 is 0. The molecule has 236 valence electrons. The molecular weight excluding hydrogens is 585 g/mol. The molecule has 7 nitrogen and oxygen atoms in total. The van der Waals surface area contributed by atoms with E-state index in [0.717, 1.165) is 23.1 Å². The van der Waals surface area contributed by atoms with Crippen LogP contribution in [0, 0.1) is 5.92 Å². The maximum atomic E-state index is 13.5. The number of amides is 2. The number of carbonyl (C=O) groups excluding carboxylic acids is 2. The Balaban J connectivity index is 1.27. The van der Waals surface area contributed by atoms with E-state index in [1.54, 1.807) is 35.2 Å². The maximum Gasteiger partial charge on any atom is 0.416 e. The van der Waals surface area contributed by atoms with Crippen molar-refractivity contribution in [3.05, 3.63) is 108 Å². The highest BCUT2D eigenvalue weighted by Gasteiger charge is 2.39. The summed E-state index contributed by atoms with van der Waals surface area (Å²) in [6.45, 7) is 6.94. The Bertz CT molecular complexity index is 1630. The number of ether oxygens (including phenoxy) is 3. The summed E-state index contributed by atoms with van der Waals surface area (Å²) < 4.78 is 56.2. The van der Waals surface area contributed by atoms with Crippen molar-refractivity contribution in [3.8, 4) is 11.5 Å². The lowest BCUT2D eigenvalue weighted by molar-refractivity contribution is -0.137. The minimum atomic E-state index is -4.43. The predicted octanol–water partition coefficient (Wildman–Crippen LogP) is 7.83. The third-order valence-corrected chi connectivity index (χ3v) is 7.37. The van der Waals surface area contributed by atoms with E-state index in [0.29, 0.717) is 36.4 Å². The van der Waals surface area contributed by atoms with Gasteiger partial charge in [-0.05, 0) is 80.3 Å². The Labute approximate surface area is 259 Å². The molecule has 10 heteroatoms. The fraction of sp³-hybridized carbons (Fsp3) is 0.314. The van der Waals surface area contributed by atoms with Gasteiger partial charge >= 0.3 is 12.3 Å². The molecule has 0 aromatic heterocycles. The van der Waals surface area contributed by atoms with Crippen LogP contribution in [0.15, 0.2) is 91.0 Å². The van der Waals surface area contributed by atoms with Crippen molar-refractivity contribution in [2.24, 2.45) is 5.92 Å². The van der Waals surface area contributed by atoms with Gasteiger partial charge in [-0.3, -0.25) is 4.79 Å². The lowest BCUT2D eigenvalue weighted by Gasteiger charge is -2.43. The Morgan fingerprint density at radius 2 is 1.62 bits per heavy atom. The molecule has 1 saturated heterocycles. The molecule has 1 aliphatic heterocycles. The quantitative estimate of drug-likeness (QED) is 0.206. The average molecular weight is 621 g/mol. The number of likely N-dealkylation sites (tertiary alicyclic amines) is 1. The molecular formula is C35H35F3N2O5. The first-order chi connectivity index (χ1) is 21.4. The van der Waals surface area contributed by atoms with Gasteiger partial charge < -0.3 is 24.4 Å². The Kier molecular flexibility index (Phi) is 9.34. The number of nitrogens with one attached hydrogen (secondary N) is 1. The number of benzene rings is 4. The van der Waals surface area contributed by atoms with Crippen LogP contribution >= 0.6 is 0 Å². The van der Waals surface area contributed by atoms with Crippen molar-refractivity contribution < 1.29 is 37.0 Å². The molecule has 1 N–H and O–H groups in total. The molecule has 0 unspecified atom stereocenters. The number of nitrogens with zero attached hydrogens (tertiary/aromatic N) is 1. The summed E-state index contributed by atoms with van der Waals surface area (Å²) in [4.78, 5) is 27.6. The summed E-state index contributed by atoms with van der Waals surface area (Å²) in [5, 5.41) is 4.52. The number of carbonyl (C=O) groups is 2. The van der Waals surface area contributed by atoms with E-state index in [1.807, 2.05) is 57.2 Å². The minimum Gasteiger partial charge on any atom is -0.457 e. The van der Waals surface area contributed by atoms with E-state index in [2.05, 4.69) is 5.32 Å². The van der Waals surface area contributed by atoms with Gasteiger partial charge in [0.05, 0.1) is 24.8 Å². The van der Waals surface area contributed by atoms with E-state index in [4.69, 9.17) is 14.2 Å². The lowest BCUT2D eigenvalue weighted by atomic mass is 9.92. The van der Waals surface area contributed by atoms with Crippen LogP contribution in [0.2, 0.25) is 0 Å². The number of alkyl halides is 3. The maximum absolute atomic E-state index is 13.5. The third-order valence-electron chi connectivity index (χ3n) is 7.37. The molecule has 1 fully saturated rings. The first-order valence-corrected chi connectivity index (χ1v) is 14.6. The molecule has 0 saturated carbocycles. The van der Waals surface area contributed by atoms with Crippen molar-refractivity contribution in [3.63, 3.8) is 0 Å². The van der Waals surface area contributed by atoms with E-state index in [9.17, 15) is 22.8 Å². The van der Waals surface area contributed by atoms with Crippen LogP contribution in [-0.4, -0.2) is 48.2 Å². The standard InChI is InChI=1S/C35H35F3N2O5/c1-34(2,3)45-33(42)40-19-26(20-40)30(22-43-21-23-8-5-4-6-9-23)39-32(41)25-12-17-29-24(18-25)10-7-11-31(29)44-28-15-13-27(14-16-28)35(36,37)38/h4-18,26,30H,19-22H2,1-3H3,(H,39,41)/t30-/m0/s1. The van der Waals surface area contributed by atoms with Gasteiger partial charge in [0, 0.05) is 30.0 Å². The van der Waals surface area contributed by atoms with Gasteiger partial charge in [-0.1, -0.05) is 42.5 Å². The number of hydrogen-bond acceptors (Lipinski definition) is 5. The molecule has 5 rings (SSSR count). The van der Waals surface area contributed by atoms with Crippen LogP contribution in [0.25, 0.3) is 10.8 Å². The summed E-state index contributed by atoms with van der Waals surface area (Å²) in [6, 6.07) is 24.3. The van der Waals surface area contributed by atoms with Crippen molar-refractivity contribution in [2.75, 3.05) is 19.7 Å². The molecule has 1 atom stereocenters. The van der Waals surface area contributed by atoms with Crippen LogP contribution in [-0.2, 0) is 22.3 Å². The highest BCUT2D eigenvalue weighted by molar-refractivity contribution is 6.00. The van der Waals surface area contributed by atoms with E-state index >= 15 is 0 Å². The van der Waals surface area contributed by atoms with Gasteiger partial charge in [-0.25, -0.2) is 4.79 Å². The molecule has 1 heterocycles. The van der Waals surface area contributed by atoms with Gasteiger partial charge in [0.2, 0.25) is 0 Å². The van der Waals surface area contributed by atoms with Crippen LogP contribution < -0.4 is 10.1 Å². The first kappa shape index (κ1) is 31.8. The molecule has 45 heavy (non-hydrogen) atoms. The molecule has 0 aliphatic carbocycles. The SMILES string of the molecule is CC(C)(C)OC(=O)N1CC([C@H](COCc2ccccc2)NC(=O)c2ccc3c(Oc4ccc(C(F)(F)F)cc4)cccc3c2)C1. The predicted molar refractivity (Wildman–Crippen MR) is 164 cm³/mol. The molecule has 0 radical (unpaired) electrons. The van der Waals surface area contributed by atoms with E-state index in [1.165, 1.54) is 12.1 Å². The molecule has 0 bridgehead atoms. The molecule has 4 aromatic carbocycles. The highest BCUT2D eigenvalue weighted by atomic mass is 19.4. The molecule has 2 amide bonds. The number of fused-ring (bicyclic) bond motifs is 1. The summed E-state index contributed by atoms with van der Waals surface area (Å²) in [6.07, 6.45) is -4.82. The monoisotopic (exact) mass is 620 g/mol. The summed E-state index contributed by atoms with van der Waals surface area (Å²) in [5.74, 6) is 0.385. The van der Waals surface area contributed by atoms with E-state index in [-0.39, 0.29) is 30.2 Å². The summed E-state index contributed by atoms with van der Waals surface area (Å²) in [5.41, 5.74) is 0.0699. The highest BCUT2D eigenvalue weighted by Crippen LogP contribution is 2.34. The van der Waals surface area contributed by atoms with Gasteiger partial charge in [0.25, 0.3) is 5.91 Å². The second-order valence-corrected chi connectivity index (χ2v) is 12.0. The van der Waals surface area contributed by atoms with Crippen molar-refractivity contribution in [1.82, 2.24) is 10.2 Å². The first-order valence-electron chi connectivity index (χ1n) is 14.6. The molecule has 1 aliphatic rings.